The fourth-order valence-corrected chi connectivity index (χ4v) is 2.32. The molecule has 0 heterocycles. The maximum absolute atomic E-state index is 11.7. The van der Waals surface area contributed by atoms with E-state index in [0.29, 0.717) is 17.2 Å². The van der Waals surface area contributed by atoms with Crippen LogP contribution in [-0.2, 0) is 11.2 Å². The summed E-state index contributed by atoms with van der Waals surface area (Å²) in [5.74, 6) is -1.52. The first-order chi connectivity index (χ1) is 12.0. The van der Waals surface area contributed by atoms with E-state index in [1.165, 1.54) is 5.56 Å². The number of hydrogen-bond acceptors (Lipinski definition) is 3. The molecule has 0 unspecified atom stereocenters. The summed E-state index contributed by atoms with van der Waals surface area (Å²) in [6.07, 6.45) is 0.866. The lowest BCUT2D eigenvalue weighted by Crippen LogP contribution is -2.30. The van der Waals surface area contributed by atoms with E-state index in [1.54, 1.807) is 24.3 Å². The number of amides is 1. The Morgan fingerprint density at radius 3 is 2.28 bits per heavy atom. The fourth-order valence-electron chi connectivity index (χ4n) is 2.10. The third kappa shape index (κ3) is 6.60. The molecular weight excluding hydrogens is 338 g/mol. The number of anilines is 1. The van der Waals surface area contributed by atoms with Crippen molar-refractivity contribution in [2.45, 2.75) is 6.42 Å². The van der Waals surface area contributed by atoms with E-state index in [1.807, 2.05) is 18.2 Å². The summed E-state index contributed by atoms with van der Waals surface area (Å²) >= 11 is 5.24. The van der Waals surface area contributed by atoms with Gasteiger partial charge in [0.1, 0.15) is 6.54 Å². The van der Waals surface area contributed by atoms with E-state index in [9.17, 15) is 9.59 Å². The summed E-state index contributed by atoms with van der Waals surface area (Å²) in [6, 6.07) is 16.7. The third-order valence-corrected chi connectivity index (χ3v) is 3.59. The molecule has 0 aliphatic rings. The van der Waals surface area contributed by atoms with E-state index in [4.69, 9.17) is 17.3 Å². The minimum Gasteiger partial charge on any atom is -0.480 e. The van der Waals surface area contributed by atoms with Gasteiger partial charge in [0.15, 0.2) is 5.11 Å². The fraction of sp³-hybridized carbons (Fsp3) is 0.167. The van der Waals surface area contributed by atoms with Gasteiger partial charge in [-0.1, -0.05) is 30.3 Å². The smallest absolute Gasteiger partial charge is 0.322 e. The minimum atomic E-state index is -1.08. The Hall–Kier alpha value is -2.93. The zero-order valence-corrected chi connectivity index (χ0v) is 14.3. The van der Waals surface area contributed by atoms with Crippen LogP contribution in [0.2, 0.25) is 0 Å². The molecule has 4 N–H and O–H groups in total. The normalized spacial score (nSPS) is 9.92. The first kappa shape index (κ1) is 18.4. The SMILES string of the molecule is O=C(O)CNC(=O)c1ccc(NC(=S)NCCc2ccccc2)cc1. The molecule has 0 aliphatic carbocycles. The molecular formula is C18H19N3O3S. The highest BCUT2D eigenvalue weighted by Gasteiger charge is 2.07. The first-order valence-corrected chi connectivity index (χ1v) is 8.14. The summed E-state index contributed by atoms with van der Waals surface area (Å²) in [5, 5.41) is 17.5. The zero-order chi connectivity index (χ0) is 18.1. The van der Waals surface area contributed by atoms with Crippen LogP contribution < -0.4 is 16.0 Å². The van der Waals surface area contributed by atoms with Crippen molar-refractivity contribution in [1.82, 2.24) is 10.6 Å². The van der Waals surface area contributed by atoms with Crippen molar-refractivity contribution >= 4 is 34.9 Å². The second-order valence-corrected chi connectivity index (χ2v) is 5.68. The van der Waals surface area contributed by atoms with E-state index in [-0.39, 0.29) is 0 Å². The van der Waals surface area contributed by atoms with Gasteiger partial charge >= 0.3 is 5.97 Å². The van der Waals surface area contributed by atoms with Gasteiger partial charge in [-0.25, -0.2) is 0 Å². The molecule has 0 fully saturated rings. The molecule has 2 rings (SSSR count). The molecule has 0 spiro atoms. The maximum Gasteiger partial charge on any atom is 0.322 e. The third-order valence-electron chi connectivity index (χ3n) is 3.35. The van der Waals surface area contributed by atoms with E-state index < -0.39 is 18.4 Å². The van der Waals surface area contributed by atoms with Gasteiger partial charge < -0.3 is 21.1 Å². The lowest BCUT2D eigenvalue weighted by molar-refractivity contribution is -0.135. The number of thiocarbonyl (C=S) groups is 1. The number of carboxylic acid groups (broad SMARTS) is 1. The Labute approximate surface area is 151 Å². The summed E-state index contributed by atoms with van der Waals surface area (Å²) in [4.78, 5) is 22.2. The minimum absolute atomic E-state index is 0.384. The van der Waals surface area contributed by atoms with Gasteiger partial charge in [-0.05, 0) is 48.5 Å². The number of benzene rings is 2. The monoisotopic (exact) mass is 357 g/mol. The Balaban J connectivity index is 1.77. The van der Waals surface area contributed by atoms with Crippen molar-refractivity contribution in [2.24, 2.45) is 0 Å². The number of carbonyl (C=O) groups excluding carboxylic acids is 1. The van der Waals surface area contributed by atoms with Crippen LogP contribution in [0.1, 0.15) is 15.9 Å². The molecule has 0 aliphatic heterocycles. The Morgan fingerprint density at radius 1 is 0.960 bits per heavy atom. The van der Waals surface area contributed by atoms with Crippen molar-refractivity contribution in [3.05, 3.63) is 65.7 Å². The summed E-state index contributed by atoms with van der Waals surface area (Å²) in [7, 11) is 0. The van der Waals surface area contributed by atoms with Crippen molar-refractivity contribution in [3.8, 4) is 0 Å². The van der Waals surface area contributed by atoms with Gasteiger partial charge in [-0.3, -0.25) is 9.59 Å². The quantitative estimate of drug-likeness (QED) is 0.567. The summed E-state index contributed by atoms with van der Waals surface area (Å²) in [6.45, 7) is 0.305. The second kappa shape index (κ2) is 9.39. The topological polar surface area (TPSA) is 90.5 Å². The highest BCUT2D eigenvalue weighted by Crippen LogP contribution is 2.09. The molecule has 130 valence electrons. The van der Waals surface area contributed by atoms with Crippen molar-refractivity contribution in [1.29, 1.82) is 0 Å². The highest BCUT2D eigenvalue weighted by molar-refractivity contribution is 7.80. The first-order valence-electron chi connectivity index (χ1n) is 7.73. The summed E-state index contributed by atoms with van der Waals surface area (Å²) < 4.78 is 0. The van der Waals surface area contributed by atoms with E-state index in [2.05, 4.69) is 28.1 Å². The van der Waals surface area contributed by atoms with Crippen LogP contribution in [0.3, 0.4) is 0 Å². The van der Waals surface area contributed by atoms with Gasteiger partial charge in [0.05, 0.1) is 0 Å². The Kier molecular flexibility index (Phi) is 6.91. The van der Waals surface area contributed by atoms with Crippen molar-refractivity contribution < 1.29 is 14.7 Å². The number of aliphatic carboxylic acids is 1. The molecule has 25 heavy (non-hydrogen) atoms. The van der Waals surface area contributed by atoms with Gasteiger partial charge in [0, 0.05) is 17.8 Å². The lowest BCUT2D eigenvalue weighted by atomic mass is 10.1. The van der Waals surface area contributed by atoms with E-state index >= 15 is 0 Å². The molecule has 2 aromatic rings. The molecule has 0 atom stereocenters. The van der Waals surface area contributed by atoms with Gasteiger partial charge in [0.2, 0.25) is 0 Å². The maximum atomic E-state index is 11.7. The number of hydrogen-bond donors (Lipinski definition) is 4. The van der Waals surface area contributed by atoms with Crippen LogP contribution in [-0.4, -0.2) is 35.2 Å². The van der Waals surface area contributed by atoms with Crippen molar-refractivity contribution in [2.75, 3.05) is 18.4 Å². The zero-order valence-electron chi connectivity index (χ0n) is 13.5. The molecule has 6 nitrogen and oxygen atoms in total. The van der Waals surface area contributed by atoms with Crippen LogP contribution >= 0.6 is 12.2 Å². The average molecular weight is 357 g/mol. The highest BCUT2D eigenvalue weighted by atomic mass is 32.1. The average Bonchev–Trinajstić information content (AvgIpc) is 2.61. The predicted octanol–water partition coefficient (Wildman–Crippen LogP) is 2.03. The van der Waals surface area contributed by atoms with Gasteiger partial charge in [0.25, 0.3) is 5.91 Å². The standard InChI is InChI=1S/C18H19N3O3S/c22-16(23)12-20-17(24)14-6-8-15(9-7-14)21-18(25)19-11-10-13-4-2-1-3-5-13/h1-9H,10-12H2,(H,20,24)(H,22,23)(H2,19,21,25). The Morgan fingerprint density at radius 2 is 1.64 bits per heavy atom. The number of carboxylic acids is 1. The van der Waals surface area contributed by atoms with Crippen LogP contribution in [0.25, 0.3) is 0 Å². The molecule has 7 heteroatoms. The van der Waals surface area contributed by atoms with Crippen LogP contribution in [0.5, 0.6) is 0 Å². The van der Waals surface area contributed by atoms with Crippen LogP contribution in [0, 0.1) is 0 Å². The van der Waals surface area contributed by atoms with Crippen molar-refractivity contribution in [3.63, 3.8) is 0 Å². The number of nitrogens with one attached hydrogen (secondary N) is 3. The molecule has 0 bridgehead atoms. The largest absolute Gasteiger partial charge is 0.480 e. The van der Waals surface area contributed by atoms with E-state index in [0.717, 1.165) is 12.1 Å². The molecule has 1 amide bonds. The lowest BCUT2D eigenvalue weighted by Gasteiger charge is -2.11. The van der Waals surface area contributed by atoms with Crippen LogP contribution in [0.4, 0.5) is 5.69 Å². The summed E-state index contributed by atoms with van der Waals surface area (Å²) in [5.41, 5.74) is 2.36. The molecule has 0 radical (unpaired) electrons. The number of carbonyl (C=O) groups is 2. The predicted molar refractivity (Wildman–Crippen MR) is 101 cm³/mol. The molecule has 0 saturated heterocycles. The van der Waals surface area contributed by atoms with Crippen LogP contribution in [0.15, 0.2) is 54.6 Å². The molecule has 0 aromatic heterocycles. The van der Waals surface area contributed by atoms with Gasteiger partial charge in [-0.2, -0.15) is 0 Å². The number of rotatable bonds is 7. The van der Waals surface area contributed by atoms with Gasteiger partial charge in [-0.15, -0.1) is 0 Å². The Bertz CT molecular complexity index is 733. The second-order valence-electron chi connectivity index (χ2n) is 5.27. The molecule has 2 aromatic carbocycles. The molecule has 0 saturated carbocycles.